The summed E-state index contributed by atoms with van der Waals surface area (Å²) in [6.45, 7) is 0. The topological polar surface area (TPSA) is 95.5 Å². The Kier molecular flexibility index (Phi) is 1.65. The first-order chi connectivity index (χ1) is 8.05. The number of hydrogen-bond acceptors (Lipinski definition) is 4. The summed E-state index contributed by atoms with van der Waals surface area (Å²) in [6.07, 6.45) is -0.214. The molecular weight excluding hydrogens is 224 g/mol. The lowest BCUT2D eigenvalue weighted by Gasteiger charge is -2.15. The van der Waals surface area contributed by atoms with E-state index in [-0.39, 0.29) is 17.9 Å². The number of rotatable bonds is 0. The summed E-state index contributed by atoms with van der Waals surface area (Å²) in [5.41, 5.74) is -0.946. The van der Waals surface area contributed by atoms with Crippen LogP contribution in [0.25, 0.3) is 0 Å². The molecule has 1 saturated heterocycles. The highest BCUT2D eigenvalue weighted by molar-refractivity contribution is 6.28. The van der Waals surface area contributed by atoms with Crippen molar-refractivity contribution in [3.63, 3.8) is 0 Å². The molecule has 0 saturated carbocycles. The molecule has 3 N–H and O–H groups in total. The number of carbonyl (C=O) groups excluding carboxylic acids is 3. The highest BCUT2D eigenvalue weighted by atomic mass is 16.3. The van der Waals surface area contributed by atoms with E-state index in [2.05, 4.69) is 10.6 Å². The Bertz CT molecular complexity index is 581. The van der Waals surface area contributed by atoms with Gasteiger partial charge in [0.15, 0.2) is 5.41 Å². The number of amides is 3. The minimum absolute atomic E-state index is 0.111. The van der Waals surface area contributed by atoms with Crippen LogP contribution in [0.5, 0.6) is 5.75 Å². The lowest BCUT2D eigenvalue weighted by Crippen LogP contribution is -2.41. The standard InChI is InChI=1S/C11H8N2O4/c14-6-3-1-2-5-8(6)13-10(17)11(5)4-7(15)12-9(11)16/h1-3,14H,4H2,(H,13,17)(H,12,15,16). The smallest absolute Gasteiger partial charge is 0.247 e. The van der Waals surface area contributed by atoms with E-state index >= 15 is 0 Å². The summed E-state index contributed by atoms with van der Waals surface area (Å²) in [7, 11) is 0. The Morgan fingerprint density at radius 3 is 2.47 bits per heavy atom. The molecule has 0 bridgehead atoms. The molecule has 2 aliphatic heterocycles. The fraction of sp³-hybridized carbons (Fsp3) is 0.182. The van der Waals surface area contributed by atoms with Gasteiger partial charge in [0, 0.05) is 5.56 Å². The second-order valence-electron chi connectivity index (χ2n) is 4.11. The van der Waals surface area contributed by atoms with Gasteiger partial charge in [-0.05, 0) is 6.07 Å². The number of nitrogens with one attached hydrogen (secondary N) is 2. The maximum Gasteiger partial charge on any atom is 0.247 e. The summed E-state index contributed by atoms with van der Waals surface area (Å²) in [4.78, 5) is 35.0. The summed E-state index contributed by atoms with van der Waals surface area (Å²) in [6, 6.07) is 4.50. The van der Waals surface area contributed by atoms with Crippen molar-refractivity contribution in [2.45, 2.75) is 11.8 Å². The number of para-hydroxylation sites is 1. The molecule has 1 unspecified atom stereocenters. The van der Waals surface area contributed by atoms with Crippen LogP contribution in [0.15, 0.2) is 18.2 Å². The van der Waals surface area contributed by atoms with Crippen LogP contribution in [0, 0.1) is 0 Å². The number of benzene rings is 1. The van der Waals surface area contributed by atoms with Gasteiger partial charge in [0.1, 0.15) is 5.75 Å². The van der Waals surface area contributed by atoms with Crippen molar-refractivity contribution in [1.82, 2.24) is 5.32 Å². The minimum atomic E-state index is -1.51. The number of hydrogen-bond donors (Lipinski definition) is 3. The molecule has 2 aliphatic rings. The van der Waals surface area contributed by atoms with Crippen molar-refractivity contribution in [1.29, 1.82) is 0 Å². The van der Waals surface area contributed by atoms with E-state index in [0.717, 1.165) is 0 Å². The Morgan fingerprint density at radius 2 is 1.82 bits per heavy atom. The van der Waals surface area contributed by atoms with Crippen molar-refractivity contribution in [2.24, 2.45) is 0 Å². The number of phenolic OH excluding ortho intramolecular Hbond substituents is 1. The van der Waals surface area contributed by atoms with Gasteiger partial charge < -0.3 is 10.4 Å². The Labute approximate surface area is 95.6 Å². The molecule has 3 amide bonds. The second kappa shape index (κ2) is 2.85. The van der Waals surface area contributed by atoms with Crippen molar-refractivity contribution in [3.05, 3.63) is 23.8 Å². The monoisotopic (exact) mass is 232 g/mol. The first-order valence-corrected chi connectivity index (χ1v) is 5.04. The van der Waals surface area contributed by atoms with E-state index in [1.165, 1.54) is 12.1 Å². The third-order valence-electron chi connectivity index (χ3n) is 3.19. The van der Waals surface area contributed by atoms with Crippen LogP contribution in [0.2, 0.25) is 0 Å². The Hall–Kier alpha value is -2.37. The number of phenols is 1. The fourth-order valence-electron chi connectivity index (χ4n) is 2.37. The zero-order chi connectivity index (χ0) is 12.2. The first-order valence-electron chi connectivity index (χ1n) is 5.04. The molecule has 86 valence electrons. The van der Waals surface area contributed by atoms with Gasteiger partial charge in [0.2, 0.25) is 17.7 Å². The van der Waals surface area contributed by atoms with E-state index in [9.17, 15) is 19.5 Å². The van der Waals surface area contributed by atoms with E-state index < -0.39 is 23.1 Å². The van der Waals surface area contributed by atoms with Crippen LogP contribution in [-0.2, 0) is 19.8 Å². The zero-order valence-electron chi connectivity index (χ0n) is 8.61. The third-order valence-corrected chi connectivity index (χ3v) is 3.19. The summed E-state index contributed by atoms with van der Waals surface area (Å²) >= 11 is 0. The highest BCUT2D eigenvalue weighted by Gasteiger charge is 2.58. The van der Waals surface area contributed by atoms with Crippen molar-refractivity contribution in [3.8, 4) is 5.75 Å². The molecule has 17 heavy (non-hydrogen) atoms. The van der Waals surface area contributed by atoms with E-state index in [1.54, 1.807) is 6.07 Å². The van der Waals surface area contributed by atoms with Gasteiger partial charge in [-0.1, -0.05) is 12.1 Å². The van der Waals surface area contributed by atoms with E-state index in [4.69, 9.17) is 0 Å². The lowest BCUT2D eigenvalue weighted by atomic mass is 9.80. The molecule has 0 aromatic heterocycles. The molecule has 6 heteroatoms. The number of carbonyl (C=O) groups is 3. The minimum Gasteiger partial charge on any atom is -0.506 e. The Morgan fingerprint density at radius 1 is 1.12 bits per heavy atom. The fourth-order valence-corrected chi connectivity index (χ4v) is 2.37. The molecule has 3 rings (SSSR count). The van der Waals surface area contributed by atoms with Gasteiger partial charge in [-0.25, -0.2) is 0 Å². The van der Waals surface area contributed by atoms with Gasteiger partial charge in [0.05, 0.1) is 12.1 Å². The van der Waals surface area contributed by atoms with Gasteiger partial charge >= 0.3 is 0 Å². The van der Waals surface area contributed by atoms with Crippen LogP contribution in [0.3, 0.4) is 0 Å². The molecule has 6 nitrogen and oxygen atoms in total. The Balaban J connectivity index is 2.28. The molecule has 1 spiro atoms. The maximum atomic E-state index is 11.9. The average molecular weight is 232 g/mol. The predicted molar refractivity (Wildman–Crippen MR) is 56.2 cm³/mol. The second-order valence-corrected chi connectivity index (χ2v) is 4.11. The maximum absolute atomic E-state index is 11.9. The molecular formula is C11H8N2O4. The largest absolute Gasteiger partial charge is 0.506 e. The number of imide groups is 1. The van der Waals surface area contributed by atoms with E-state index in [1.807, 2.05) is 0 Å². The van der Waals surface area contributed by atoms with E-state index in [0.29, 0.717) is 5.56 Å². The highest BCUT2D eigenvalue weighted by Crippen LogP contribution is 2.46. The molecule has 1 atom stereocenters. The van der Waals surface area contributed by atoms with Gasteiger partial charge in [-0.15, -0.1) is 0 Å². The van der Waals surface area contributed by atoms with Crippen molar-refractivity contribution < 1.29 is 19.5 Å². The lowest BCUT2D eigenvalue weighted by molar-refractivity contribution is -0.131. The van der Waals surface area contributed by atoms with Gasteiger partial charge in [0.25, 0.3) is 0 Å². The summed E-state index contributed by atoms with van der Waals surface area (Å²) in [5.74, 6) is -1.80. The van der Waals surface area contributed by atoms with Crippen LogP contribution in [-0.4, -0.2) is 22.8 Å². The normalized spacial score (nSPS) is 26.0. The molecule has 2 heterocycles. The van der Waals surface area contributed by atoms with Crippen molar-refractivity contribution >= 4 is 23.4 Å². The number of fused-ring (bicyclic) bond motifs is 2. The van der Waals surface area contributed by atoms with Crippen LogP contribution < -0.4 is 10.6 Å². The van der Waals surface area contributed by atoms with Crippen LogP contribution in [0.1, 0.15) is 12.0 Å². The summed E-state index contributed by atoms with van der Waals surface area (Å²) < 4.78 is 0. The number of aromatic hydroxyl groups is 1. The molecule has 1 aromatic carbocycles. The first kappa shape index (κ1) is 9.83. The van der Waals surface area contributed by atoms with Crippen LogP contribution >= 0.6 is 0 Å². The van der Waals surface area contributed by atoms with Crippen molar-refractivity contribution in [2.75, 3.05) is 5.32 Å². The molecule has 1 fully saturated rings. The number of anilines is 1. The molecule has 0 aliphatic carbocycles. The van der Waals surface area contributed by atoms with Gasteiger partial charge in [-0.3, -0.25) is 19.7 Å². The van der Waals surface area contributed by atoms with Crippen LogP contribution in [0.4, 0.5) is 5.69 Å². The quantitative estimate of drug-likeness (QED) is 0.323. The SMILES string of the molecule is O=C1CC2(C(=O)N1)C(=O)Nc1c(O)cccc12. The summed E-state index contributed by atoms with van der Waals surface area (Å²) in [5, 5.41) is 14.2. The third kappa shape index (κ3) is 1.01. The predicted octanol–water partition coefficient (Wildman–Crippen LogP) is -0.371. The zero-order valence-corrected chi connectivity index (χ0v) is 8.61. The molecule has 0 radical (unpaired) electrons. The van der Waals surface area contributed by atoms with Gasteiger partial charge in [-0.2, -0.15) is 0 Å². The molecule has 1 aromatic rings. The average Bonchev–Trinajstić information content (AvgIpc) is 2.71.